The van der Waals surface area contributed by atoms with Crippen LogP contribution in [-0.4, -0.2) is 9.13 Å². The zero-order valence-corrected chi connectivity index (χ0v) is 36.1. The molecule has 0 fully saturated rings. The van der Waals surface area contributed by atoms with Crippen molar-refractivity contribution in [3.63, 3.8) is 0 Å². The lowest BCUT2D eigenvalue weighted by molar-refractivity contribution is 0.827. The van der Waals surface area contributed by atoms with Crippen LogP contribution < -0.4 is 14.7 Å². The molecule has 12 rings (SSSR count). The highest BCUT2D eigenvalue weighted by Crippen LogP contribution is 2.49. The minimum Gasteiger partial charge on any atom is -0.341 e. The second-order valence-electron chi connectivity index (χ2n) is 16.7. The van der Waals surface area contributed by atoms with Gasteiger partial charge in [-0.25, -0.2) is 0 Å². The van der Waals surface area contributed by atoms with Crippen LogP contribution in [0.4, 0.5) is 51.2 Å². The molecular weight excluding hydrogens is 779 g/mol. The number of fused-ring (bicyclic) bond motifs is 8. The molecule has 0 atom stereocenters. The maximum Gasteiger partial charge on any atom is 0.0498 e. The van der Waals surface area contributed by atoms with Crippen molar-refractivity contribution in [2.45, 2.75) is 33.4 Å². The van der Waals surface area contributed by atoms with Gasteiger partial charge in [-0.1, -0.05) is 91.0 Å². The number of nitrogens with zero attached hydrogens (tertiary/aromatic N) is 5. The Bertz CT molecular complexity index is 3300. The van der Waals surface area contributed by atoms with Crippen LogP contribution >= 0.6 is 0 Å². The lowest BCUT2D eigenvalue weighted by atomic mass is 9.93. The second-order valence-corrected chi connectivity index (χ2v) is 16.7. The largest absolute Gasteiger partial charge is 0.341 e. The Morgan fingerprint density at radius 1 is 0.344 bits per heavy atom. The van der Waals surface area contributed by atoms with Crippen molar-refractivity contribution in [1.82, 2.24) is 9.13 Å². The monoisotopic (exact) mass is 825 g/mol. The lowest BCUT2D eigenvalue weighted by Crippen LogP contribution is -2.20. The molecule has 0 N–H and O–H groups in total. The van der Waals surface area contributed by atoms with Crippen molar-refractivity contribution >= 4 is 94.8 Å². The summed E-state index contributed by atoms with van der Waals surface area (Å²) < 4.78 is 4.85. The highest BCUT2D eigenvalue weighted by atomic mass is 15.2. The van der Waals surface area contributed by atoms with E-state index < -0.39 is 0 Å². The van der Waals surface area contributed by atoms with Gasteiger partial charge in [0.1, 0.15) is 0 Å². The van der Waals surface area contributed by atoms with Gasteiger partial charge in [0.25, 0.3) is 0 Å². The quantitative estimate of drug-likeness (QED) is 0.145. The van der Waals surface area contributed by atoms with Gasteiger partial charge in [-0.3, -0.25) is 0 Å². The normalized spacial score (nSPS) is 12.2. The molecule has 5 nitrogen and oxygen atoms in total. The maximum absolute atomic E-state index is 2.44. The average Bonchev–Trinajstić information content (AvgIpc) is 3.85. The van der Waals surface area contributed by atoms with E-state index in [2.05, 4.69) is 250 Å². The fourth-order valence-corrected chi connectivity index (χ4v) is 10.4. The summed E-state index contributed by atoms with van der Waals surface area (Å²) in [6, 6.07) is 78.0. The fraction of sp³-hybridized carbons (Fsp3) is 0.0847. The van der Waals surface area contributed by atoms with Crippen LogP contribution in [0.3, 0.4) is 0 Å². The summed E-state index contributed by atoms with van der Waals surface area (Å²) in [7, 11) is 0. The van der Waals surface area contributed by atoms with Crippen LogP contribution in [0.15, 0.2) is 212 Å². The van der Waals surface area contributed by atoms with Crippen molar-refractivity contribution in [3.05, 3.63) is 223 Å². The summed E-state index contributed by atoms with van der Waals surface area (Å²) in [6.07, 6.45) is 0.785. The van der Waals surface area contributed by atoms with Crippen LogP contribution in [0.1, 0.15) is 25.0 Å². The SMILES string of the molecule is CCn1c2ccccc2c2cc(N(c3ccccc3)c3ccc4c(c3)Cc3cc(N(c5ccccc5)c5ccc6c(c5)c5ccccc5n6CC)ccc3N4c3ccccc3)ccc21. The summed E-state index contributed by atoms with van der Waals surface area (Å²) in [5.74, 6) is 0. The van der Waals surface area contributed by atoms with E-state index in [9.17, 15) is 0 Å². The molecule has 0 unspecified atom stereocenters. The zero-order valence-electron chi connectivity index (χ0n) is 36.1. The number of rotatable bonds is 9. The zero-order chi connectivity index (χ0) is 42.7. The number of hydrogen-bond acceptors (Lipinski definition) is 3. The van der Waals surface area contributed by atoms with E-state index in [-0.39, 0.29) is 0 Å². The van der Waals surface area contributed by atoms with E-state index in [0.717, 1.165) is 59.3 Å². The van der Waals surface area contributed by atoms with E-state index in [0.29, 0.717) is 0 Å². The van der Waals surface area contributed by atoms with Gasteiger partial charge >= 0.3 is 0 Å². The van der Waals surface area contributed by atoms with E-state index in [1.165, 1.54) is 66.1 Å². The highest BCUT2D eigenvalue weighted by Gasteiger charge is 2.28. The fourth-order valence-electron chi connectivity index (χ4n) is 10.4. The highest BCUT2D eigenvalue weighted by molar-refractivity contribution is 6.11. The minimum atomic E-state index is 0.785. The molecule has 0 radical (unpaired) electrons. The van der Waals surface area contributed by atoms with Crippen molar-refractivity contribution in [1.29, 1.82) is 0 Å². The Hall–Kier alpha value is -8.02. The smallest absolute Gasteiger partial charge is 0.0498 e. The molecule has 0 saturated carbocycles. The molecule has 64 heavy (non-hydrogen) atoms. The number of para-hydroxylation sites is 5. The Morgan fingerprint density at radius 2 is 0.719 bits per heavy atom. The first-order valence-electron chi connectivity index (χ1n) is 22.5. The Labute approximate surface area is 373 Å². The summed E-state index contributed by atoms with van der Waals surface area (Å²) >= 11 is 0. The topological polar surface area (TPSA) is 19.6 Å². The number of benzene rings is 9. The van der Waals surface area contributed by atoms with Gasteiger partial charge in [0.05, 0.1) is 0 Å². The molecule has 9 aromatic carbocycles. The Morgan fingerprint density at radius 3 is 1.17 bits per heavy atom. The first-order valence-corrected chi connectivity index (χ1v) is 22.5. The molecule has 1 aliphatic rings. The Kier molecular flexibility index (Phi) is 9.08. The standard InChI is InChI=1S/C59H47N5/c1-3-60-56-26-16-14-24-50(56)52-39-48(30-34-58(52)60)62(43-18-8-5-9-19-43)46-28-32-54-41(37-46)36-42-38-47(29-33-55(42)64(54)45-22-12-7-13-23-45)63(44-20-10-6-11-21-44)49-31-35-59-53(40-49)51-25-15-17-27-57(51)61(59)4-2/h5-35,37-40H,3-4,36H2,1-2H3. The van der Waals surface area contributed by atoms with Crippen molar-refractivity contribution in [3.8, 4) is 0 Å². The lowest BCUT2D eigenvalue weighted by Gasteiger charge is -2.36. The van der Waals surface area contributed by atoms with Crippen LogP contribution in [0.5, 0.6) is 0 Å². The molecule has 0 aliphatic carbocycles. The average molecular weight is 826 g/mol. The van der Waals surface area contributed by atoms with Gasteiger partial charge in [-0.2, -0.15) is 0 Å². The first-order chi connectivity index (χ1) is 31.7. The van der Waals surface area contributed by atoms with E-state index >= 15 is 0 Å². The second kappa shape index (κ2) is 15.4. The van der Waals surface area contributed by atoms with Crippen molar-refractivity contribution < 1.29 is 0 Å². The first kappa shape index (κ1) is 37.7. The number of anilines is 9. The molecule has 0 saturated heterocycles. The Balaban J connectivity index is 1.01. The van der Waals surface area contributed by atoms with Gasteiger partial charge in [0.2, 0.25) is 0 Å². The van der Waals surface area contributed by atoms with E-state index in [1.807, 2.05) is 0 Å². The van der Waals surface area contributed by atoms with Crippen LogP contribution in [-0.2, 0) is 19.5 Å². The van der Waals surface area contributed by atoms with Crippen molar-refractivity contribution in [2.75, 3.05) is 14.7 Å². The van der Waals surface area contributed by atoms with Gasteiger partial charge < -0.3 is 23.8 Å². The van der Waals surface area contributed by atoms with E-state index in [4.69, 9.17) is 0 Å². The third-order valence-electron chi connectivity index (χ3n) is 13.2. The summed E-state index contributed by atoms with van der Waals surface area (Å²) in [5, 5.41) is 5.10. The molecule has 5 heteroatoms. The summed E-state index contributed by atoms with van der Waals surface area (Å²) in [4.78, 5) is 7.28. The number of aromatic nitrogens is 2. The molecule has 1 aliphatic heterocycles. The van der Waals surface area contributed by atoms with Crippen LogP contribution in [0.25, 0.3) is 43.6 Å². The van der Waals surface area contributed by atoms with Crippen LogP contribution in [0.2, 0.25) is 0 Å². The van der Waals surface area contributed by atoms with Gasteiger partial charge in [0, 0.05) is 114 Å². The molecule has 0 bridgehead atoms. The van der Waals surface area contributed by atoms with Gasteiger partial charge in [0.15, 0.2) is 0 Å². The molecule has 308 valence electrons. The third kappa shape index (κ3) is 6.07. The number of hydrogen-bond donors (Lipinski definition) is 0. The molecular formula is C59H47N5. The van der Waals surface area contributed by atoms with Gasteiger partial charge in [-0.15, -0.1) is 0 Å². The van der Waals surface area contributed by atoms with Gasteiger partial charge in [-0.05, 0) is 146 Å². The molecule has 2 aromatic heterocycles. The predicted molar refractivity (Wildman–Crippen MR) is 271 cm³/mol. The molecule has 0 amide bonds. The minimum absolute atomic E-state index is 0.785. The van der Waals surface area contributed by atoms with E-state index in [1.54, 1.807) is 0 Å². The van der Waals surface area contributed by atoms with Crippen LogP contribution in [0, 0.1) is 0 Å². The molecule has 0 spiro atoms. The summed E-state index contributed by atoms with van der Waals surface area (Å²) in [6.45, 7) is 6.29. The molecule has 3 heterocycles. The predicted octanol–water partition coefficient (Wildman–Crippen LogP) is 16.3. The molecule has 11 aromatic rings. The summed E-state index contributed by atoms with van der Waals surface area (Å²) in [5.41, 5.74) is 17.9. The third-order valence-corrected chi connectivity index (χ3v) is 13.2. The van der Waals surface area contributed by atoms with Crippen molar-refractivity contribution in [2.24, 2.45) is 0 Å². The number of aryl methyl sites for hydroxylation is 2. The maximum atomic E-state index is 2.44.